The lowest BCUT2D eigenvalue weighted by Crippen LogP contribution is -2.18. The highest BCUT2D eigenvalue weighted by atomic mass is 16.1. The molecule has 16 heavy (non-hydrogen) atoms. The number of nitrogens with one attached hydrogen (secondary N) is 2. The molecular weight excluding hydrogens is 206 g/mol. The number of hydrogen-bond donors (Lipinski definition) is 2. The number of H-pyrrole nitrogens is 1. The van der Waals surface area contributed by atoms with E-state index in [2.05, 4.69) is 20.5 Å². The molecule has 3 rings (SSSR count). The summed E-state index contributed by atoms with van der Waals surface area (Å²) in [6.07, 6.45) is 2.28. The highest BCUT2D eigenvalue weighted by Gasteiger charge is 2.23. The molecule has 0 amide bonds. The van der Waals surface area contributed by atoms with Gasteiger partial charge in [0.1, 0.15) is 0 Å². The van der Waals surface area contributed by atoms with Crippen molar-refractivity contribution < 1.29 is 0 Å². The number of rotatable bonds is 2. The zero-order valence-corrected chi connectivity index (χ0v) is 9.24. The van der Waals surface area contributed by atoms with Crippen LogP contribution in [-0.2, 0) is 0 Å². The average Bonchev–Trinajstić information content (AvgIpc) is 2.97. The van der Waals surface area contributed by atoms with Crippen LogP contribution in [0.25, 0.3) is 5.65 Å². The summed E-state index contributed by atoms with van der Waals surface area (Å²) in [7, 11) is 0. The third-order valence-electron chi connectivity index (χ3n) is 2.95. The van der Waals surface area contributed by atoms with E-state index in [1.54, 1.807) is 0 Å². The van der Waals surface area contributed by atoms with Crippen LogP contribution in [0.1, 0.15) is 24.1 Å². The number of aromatic amines is 1. The molecule has 0 unspecified atom stereocenters. The van der Waals surface area contributed by atoms with Crippen LogP contribution in [0.2, 0.25) is 0 Å². The molecule has 1 saturated carbocycles. The summed E-state index contributed by atoms with van der Waals surface area (Å²) >= 11 is 0. The molecule has 0 radical (unpaired) electrons. The van der Waals surface area contributed by atoms with Gasteiger partial charge in [-0.15, -0.1) is 0 Å². The topological polar surface area (TPSA) is 75.1 Å². The summed E-state index contributed by atoms with van der Waals surface area (Å²) in [5.74, 6) is 0.597. The SMILES string of the molecule is Cc1nc(NC2CC2)n2c(=O)[nH]nc2c1C. The van der Waals surface area contributed by atoms with Crippen LogP contribution < -0.4 is 11.0 Å². The van der Waals surface area contributed by atoms with Crippen molar-refractivity contribution in [1.29, 1.82) is 0 Å². The number of aromatic nitrogens is 4. The van der Waals surface area contributed by atoms with Gasteiger partial charge in [0.2, 0.25) is 5.95 Å². The third kappa shape index (κ3) is 1.30. The van der Waals surface area contributed by atoms with E-state index in [4.69, 9.17) is 0 Å². The summed E-state index contributed by atoms with van der Waals surface area (Å²) in [5, 5.41) is 9.71. The quantitative estimate of drug-likeness (QED) is 0.776. The predicted molar refractivity (Wildman–Crippen MR) is 59.7 cm³/mol. The molecule has 6 nitrogen and oxygen atoms in total. The van der Waals surface area contributed by atoms with Crippen LogP contribution in [0.4, 0.5) is 5.95 Å². The Balaban J connectivity index is 2.28. The van der Waals surface area contributed by atoms with Crippen molar-refractivity contribution in [2.75, 3.05) is 5.32 Å². The summed E-state index contributed by atoms with van der Waals surface area (Å²) < 4.78 is 1.50. The maximum absolute atomic E-state index is 11.6. The average molecular weight is 219 g/mol. The molecule has 0 atom stereocenters. The fourth-order valence-corrected chi connectivity index (χ4v) is 1.71. The molecule has 2 aromatic heterocycles. The first-order valence-electron chi connectivity index (χ1n) is 5.37. The van der Waals surface area contributed by atoms with Crippen molar-refractivity contribution in [3.05, 3.63) is 21.7 Å². The van der Waals surface area contributed by atoms with Crippen molar-refractivity contribution in [2.45, 2.75) is 32.7 Å². The van der Waals surface area contributed by atoms with Gasteiger partial charge >= 0.3 is 5.69 Å². The molecule has 1 aliphatic carbocycles. The highest BCUT2D eigenvalue weighted by molar-refractivity contribution is 5.53. The Morgan fingerprint density at radius 2 is 2.19 bits per heavy atom. The van der Waals surface area contributed by atoms with Crippen LogP contribution in [0.3, 0.4) is 0 Å². The van der Waals surface area contributed by atoms with E-state index < -0.39 is 0 Å². The number of anilines is 1. The maximum Gasteiger partial charge on any atom is 0.350 e. The Morgan fingerprint density at radius 3 is 2.88 bits per heavy atom. The Hall–Kier alpha value is -1.85. The van der Waals surface area contributed by atoms with E-state index in [-0.39, 0.29) is 5.69 Å². The van der Waals surface area contributed by atoms with Crippen molar-refractivity contribution in [3.8, 4) is 0 Å². The minimum Gasteiger partial charge on any atom is -0.352 e. The van der Waals surface area contributed by atoms with Gasteiger partial charge in [0.05, 0.1) is 0 Å². The summed E-state index contributed by atoms with van der Waals surface area (Å²) in [6, 6.07) is 0.458. The fraction of sp³-hybridized carbons (Fsp3) is 0.500. The summed E-state index contributed by atoms with van der Waals surface area (Å²) in [4.78, 5) is 16.0. The van der Waals surface area contributed by atoms with Gasteiger partial charge in [-0.1, -0.05) is 0 Å². The summed E-state index contributed by atoms with van der Waals surface area (Å²) in [6.45, 7) is 3.84. The fourth-order valence-electron chi connectivity index (χ4n) is 1.71. The van der Waals surface area contributed by atoms with E-state index in [0.29, 0.717) is 17.6 Å². The Kier molecular flexibility index (Phi) is 1.80. The normalized spacial score (nSPS) is 15.6. The maximum atomic E-state index is 11.6. The molecule has 2 N–H and O–H groups in total. The lowest BCUT2D eigenvalue weighted by Gasteiger charge is -2.08. The van der Waals surface area contributed by atoms with E-state index in [9.17, 15) is 4.79 Å². The number of aryl methyl sites for hydroxylation is 2. The summed E-state index contributed by atoms with van der Waals surface area (Å²) in [5.41, 5.74) is 2.24. The largest absolute Gasteiger partial charge is 0.352 e. The van der Waals surface area contributed by atoms with Gasteiger partial charge in [-0.2, -0.15) is 5.10 Å². The van der Waals surface area contributed by atoms with E-state index in [1.807, 2.05) is 13.8 Å². The first-order valence-corrected chi connectivity index (χ1v) is 5.37. The van der Waals surface area contributed by atoms with E-state index in [0.717, 1.165) is 24.1 Å². The molecule has 84 valence electrons. The van der Waals surface area contributed by atoms with Crippen LogP contribution in [0.5, 0.6) is 0 Å². The van der Waals surface area contributed by atoms with Crippen LogP contribution in [0, 0.1) is 13.8 Å². The molecule has 0 bridgehead atoms. The first kappa shape index (κ1) is 9.38. The Morgan fingerprint density at radius 1 is 1.44 bits per heavy atom. The van der Waals surface area contributed by atoms with Crippen molar-refractivity contribution in [3.63, 3.8) is 0 Å². The lowest BCUT2D eigenvalue weighted by molar-refractivity contribution is 0.948. The van der Waals surface area contributed by atoms with Crippen molar-refractivity contribution in [2.24, 2.45) is 0 Å². The Bertz CT molecular complexity index is 607. The number of hydrogen-bond acceptors (Lipinski definition) is 4. The van der Waals surface area contributed by atoms with Gasteiger partial charge < -0.3 is 5.32 Å². The predicted octanol–water partition coefficient (Wildman–Crippen LogP) is 0.609. The zero-order chi connectivity index (χ0) is 11.3. The monoisotopic (exact) mass is 219 g/mol. The van der Waals surface area contributed by atoms with Crippen molar-refractivity contribution in [1.82, 2.24) is 19.6 Å². The Labute approximate surface area is 91.7 Å². The minimum atomic E-state index is -0.242. The lowest BCUT2D eigenvalue weighted by atomic mass is 10.2. The molecule has 2 heterocycles. The van der Waals surface area contributed by atoms with Gasteiger partial charge in [0, 0.05) is 17.3 Å². The highest BCUT2D eigenvalue weighted by Crippen LogP contribution is 2.24. The van der Waals surface area contributed by atoms with E-state index >= 15 is 0 Å². The second kappa shape index (κ2) is 3.07. The number of fused-ring (bicyclic) bond motifs is 1. The molecule has 6 heteroatoms. The van der Waals surface area contributed by atoms with Gasteiger partial charge in [-0.25, -0.2) is 19.3 Å². The van der Waals surface area contributed by atoms with Crippen LogP contribution >= 0.6 is 0 Å². The molecular formula is C10H13N5O. The smallest absolute Gasteiger partial charge is 0.350 e. The van der Waals surface area contributed by atoms with Crippen LogP contribution in [-0.4, -0.2) is 25.6 Å². The van der Waals surface area contributed by atoms with E-state index in [1.165, 1.54) is 4.40 Å². The second-order valence-electron chi connectivity index (χ2n) is 4.25. The molecule has 0 saturated heterocycles. The van der Waals surface area contributed by atoms with Gasteiger partial charge in [0.15, 0.2) is 5.65 Å². The first-order chi connectivity index (χ1) is 7.66. The molecule has 1 aliphatic rings. The second-order valence-corrected chi connectivity index (χ2v) is 4.25. The zero-order valence-electron chi connectivity index (χ0n) is 9.24. The molecule has 0 aromatic carbocycles. The molecule has 0 aliphatic heterocycles. The van der Waals surface area contributed by atoms with Crippen molar-refractivity contribution >= 4 is 11.6 Å². The van der Waals surface area contributed by atoms with Gasteiger partial charge in [0.25, 0.3) is 0 Å². The van der Waals surface area contributed by atoms with Crippen LogP contribution in [0.15, 0.2) is 4.79 Å². The third-order valence-corrected chi connectivity index (χ3v) is 2.95. The molecule has 1 fully saturated rings. The minimum absolute atomic E-state index is 0.242. The number of nitrogens with zero attached hydrogens (tertiary/aromatic N) is 3. The molecule has 0 spiro atoms. The van der Waals surface area contributed by atoms with Gasteiger partial charge in [-0.3, -0.25) is 0 Å². The molecule has 2 aromatic rings. The van der Waals surface area contributed by atoms with Gasteiger partial charge in [-0.05, 0) is 26.7 Å². The standard InChI is InChI=1S/C10H13N5O/c1-5-6(2)11-9(12-7-3-4-7)15-8(5)13-14-10(15)16/h7H,3-4H2,1-2H3,(H,11,12)(H,14,16).